The van der Waals surface area contributed by atoms with E-state index in [1.165, 1.54) is 0 Å². The van der Waals surface area contributed by atoms with Crippen molar-refractivity contribution in [1.29, 1.82) is 0 Å². The fraction of sp³-hybridized carbons (Fsp3) is 0.750. The number of hydrogen-bond donors (Lipinski definition) is 1. The van der Waals surface area contributed by atoms with Gasteiger partial charge in [-0.25, -0.2) is 9.59 Å². The summed E-state index contributed by atoms with van der Waals surface area (Å²) in [5.74, 6) is -2.70. The summed E-state index contributed by atoms with van der Waals surface area (Å²) in [6, 6.07) is 0. The molecule has 4 heteroatoms. The van der Waals surface area contributed by atoms with Gasteiger partial charge < -0.3 is 9.84 Å². The quantitative estimate of drug-likeness (QED) is 0.513. The van der Waals surface area contributed by atoms with Crippen LogP contribution >= 0.6 is 0 Å². The molecule has 0 aromatic carbocycles. The number of carboxylic acid groups (broad SMARTS) is 1. The monoisotopic (exact) mass is 174 g/mol. The first-order chi connectivity index (χ1) is 5.57. The number of rotatable bonds is 4. The van der Waals surface area contributed by atoms with Gasteiger partial charge in [-0.15, -0.1) is 0 Å². The normalized spacial score (nSPS) is 12.2. The third-order valence-electron chi connectivity index (χ3n) is 1.45. The first kappa shape index (κ1) is 10.9. The molecular weight excluding hydrogens is 160 g/mol. The van der Waals surface area contributed by atoms with Crippen molar-refractivity contribution in [2.24, 2.45) is 0 Å². The van der Waals surface area contributed by atoms with Crippen LogP contribution in [-0.4, -0.2) is 23.1 Å². The zero-order chi connectivity index (χ0) is 9.56. The van der Waals surface area contributed by atoms with Crippen molar-refractivity contribution in [1.82, 2.24) is 0 Å². The number of esters is 1. The molecule has 0 aromatic rings. The zero-order valence-corrected chi connectivity index (χ0v) is 7.37. The number of hydrogen-bond acceptors (Lipinski definition) is 3. The molecule has 0 rings (SSSR count). The molecule has 1 unspecified atom stereocenters. The maximum Gasteiger partial charge on any atom is 0.417 e. The molecule has 0 aliphatic rings. The van der Waals surface area contributed by atoms with E-state index in [1.807, 2.05) is 6.92 Å². The maximum absolute atomic E-state index is 10.5. The van der Waals surface area contributed by atoms with Crippen LogP contribution in [0.4, 0.5) is 0 Å². The molecule has 0 saturated carbocycles. The van der Waals surface area contributed by atoms with Gasteiger partial charge in [0.2, 0.25) is 0 Å². The van der Waals surface area contributed by atoms with Gasteiger partial charge in [0.05, 0.1) is 6.10 Å². The SMILES string of the molecule is CCCCC(C)OC(=O)C(=O)O. The van der Waals surface area contributed by atoms with Crippen LogP contribution in [0, 0.1) is 0 Å². The van der Waals surface area contributed by atoms with E-state index in [2.05, 4.69) is 4.74 Å². The lowest BCUT2D eigenvalue weighted by Gasteiger charge is -2.09. The largest absolute Gasteiger partial charge is 0.473 e. The van der Waals surface area contributed by atoms with E-state index in [4.69, 9.17) is 5.11 Å². The summed E-state index contributed by atoms with van der Waals surface area (Å²) in [7, 11) is 0. The van der Waals surface area contributed by atoms with Crippen LogP contribution in [0.3, 0.4) is 0 Å². The standard InChI is InChI=1S/C8H14O4/c1-3-4-5-6(2)12-8(11)7(9)10/h6H,3-5H2,1-2H3,(H,9,10). The number of unbranched alkanes of at least 4 members (excludes halogenated alkanes) is 1. The molecule has 1 N–H and O–H groups in total. The lowest BCUT2D eigenvalue weighted by Crippen LogP contribution is -2.21. The first-order valence-corrected chi connectivity index (χ1v) is 4.01. The molecule has 1 atom stereocenters. The second kappa shape index (κ2) is 5.57. The Morgan fingerprint density at radius 1 is 1.50 bits per heavy atom. The van der Waals surface area contributed by atoms with E-state index >= 15 is 0 Å². The van der Waals surface area contributed by atoms with Gasteiger partial charge in [-0.1, -0.05) is 19.8 Å². The first-order valence-electron chi connectivity index (χ1n) is 4.01. The Hall–Kier alpha value is -1.06. The van der Waals surface area contributed by atoms with Crippen molar-refractivity contribution in [3.8, 4) is 0 Å². The van der Waals surface area contributed by atoms with Crippen LogP contribution in [-0.2, 0) is 14.3 Å². The van der Waals surface area contributed by atoms with E-state index in [0.29, 0.717) is 0 Å². The second-order valence-electron chi connectivity index (χ2n) is 2.66. The molecule has 0 aliphatic heterocycles. The summed E-state index contributed by atoms with van der Waals surface area (Å²) >= 11 is 0. The lowest BCUT2D eigenvalue weighted by molar-refractivity contribution is -0.167. The molecule has 0 saturated heterocycles. The van der Waals surface area contributed by atoms with Crippen LogP contribution < -0.4 is 0 Å². The summed E-state index contributed by atoms with van der Waals surface area (Å²) in [4.78, 5) is 20.5. The molecule has 70 valence electrons. The van der Waals surface area contributed by atoms with Gasteiger partial charge in [-0.3, -0.25) is 0 Å². The summed E-state index contributed by atoms with van der Waals surface area (Å²) in [6.07, 6.45) is 2.37. The van der Waals surface area contributed by atoms with Crippen LogP contribution in [0.2, 0.25) is 0 Å². The van der Waals surface area contributed by atoms with E-state index in [9.17, 15) is 9.59 Å². The Bertz CT molecular complexity index is 164. The summed E-state index contributed by atoms with van der Waals surface area (Å²) in [5.41, 5.74) is 0. The molecule has 4 nitrogen and oxygen atoms in total. The Kier molecular flexibility index (Phi) is 5.08. The average Bonchev–Trinajstić information content (AvgIpc) is 2.00. The van der Waals surface area contributed by atoms with Crippen LogP contribution in [0.25, 0.3) is 0 Å². The minimum absolute atomic E-state index is 0.298. The molecule has 0 radical (unpaired) electrons. The van der Waals surface area contributed by atoms with Gasteiger partial charge in [-0.05, 0) is 13.3 Å². The minimum Gasteiger partial charge on any atom is -0.473 e. The Morgan fingerprint density at radius 2 is 2.08 bits per heavy atom. The number of carboxylic acids is 1. The van der Waals surface area contributed by atoms with Crippen LogP contribution in [0.1, 0.15) is 33.1 Å². The Balaban J connectivity index is 3.61. The summed E-state index contributed by atoms with van der Waals surface area (Å²) in [6.45, 7) is 3.71. The van der Waals surface area contributed by atoms with Gasteiger partial charge in [0.25, 0.3) is 0 Å². The minimum atomic E-state index is -1.53. The molecule has 0 heterocycles. The lowest BCUT2D eigenvalue weighted by atomic mass is 10.2. The average molecular weight is 174 g/mol. The maximum atomic E-state index is 10.5. The fourth-order valence-corrected chi connectivity index (χ4v) is 0.784. The highest BCUT2D eigenvalue weighted by atomic mass is 16.6. The van der Waals surface area contributed by atoms with Gasteiger partial charge in [0, 0.05) is 0 Å². The molecular formula is C8H14O4. The van der Waals surface area contributed by atoms with Crippen molar-refractivity contribution in [3.63, 3.8) is 0 Å². The van der Waals surface area contributed by atoms with Crippen molar-refractivity contribution in [2.75, 3.05) is 0 Å². The van der Waals surface area contributed by atoms with Crippen molar-refractivity contribution < 1.29 is 19.4 Å². The van der Waals surface area contributed by atoms with Gasteiger partial charge in [0.1, 0.15) is 0 Å². The van der Waals surface area contributed by atoms with Gasteiger partial charge in [0.15, 0.2) is 0 Å². The third kappa shape index (κ3) is 4.71. The fourth-order valence-electron chi connectivity index (χ4n) is 0.784. The predicted molar refractivity (Wildman–Crippen MR) is 42.7 cm³/mol. The molecule has 12 heavy (non-hydrogen) atoms. The van der Waals surface area contributed by atoms with Crippen molar-refractivity contribution in [3.05, 3.63) is 0 Å². The highest BCUT2D eigenvalue weighted by molar-refractivity contribution is 6.28. The number of aliphatic carboxylic acids is 1. The Labute approximate surface area is 71.5 Å². The molecule has 0 fully saturated rings. The summed E-state index contributed by atoms with van der Waals surface area (Å²) in [5, 5.41) is 8.18. The van der Waals surface area contributed by atoms with Gasteiger partial charge >= 0.3 is 11.9 Å². The topological polar surface area (TPSA) is 63.6 Å². The van der Waals surface area contributed by atoms with E-state index < -0.39 is 11.9 Å². The highest BCUT2D eigenvalue weighted by Crippen LogP contribution is 2.03. The molecule has 0 aromatic heterocycles. The van der Waals surface area contributed by atoms with E-state index in [0.717, 1.165) is 19.3 Å². The van der Waals surface area contributed by atoms with Crippen LogP contribution in [0.5, 0.6) is 0 Å². The zero-order valence-electron chi connectivity index (χ0n) is 7.37. The third-order valence-corrected chi connectivity index (χ3v) is 1.45. The van der Waals surface area contributed by atoms with Crippen molar-refractivity contribution in [2.45, 2.75) is 39.2 Å². The van der Waals surface area contributed by atoms with Crippen molar-refractivity contribution >= 4 is 11.9 Å². The van der Waals surface area contributed by atoms with Gasteiger partial charge in [-0.2, -0.15) is 0 Å². The number of carbonyl (C=O) groups is 2. The summed E-state index contributed by atoms with van der Waals surface area (Å²) < 4.78 is 4.58. The van der Waals surface area contributed by atoms with E-state index in [-0.39, 0.29) is 6.10 Å². The molecule has 0 bridgehead atoms. The Morgan fingerprint density at radius 3 is 2.50 bits per heavy atom. The van der Waals surface area contributed by atoms with E-state index in [1.54, 1.807) is 6.92 Å². The second-order valence-corrected chi connectivity index (χ2v) is 2.66. The molecule has 0 aliphatic carbocycles. The molecule has 0 spiro atoms. The highest BCUT2D eigenvalue weighted by Gasteiger charge is 2.15. The number of ether oxygens (including phenoxy) is 1. The number of carbonyl (C=O) groups excluding carboxylic acids is 1. The molecule has 0 amide bonds. The smallest absolute Gasteiger partial charge is 0.417 e. The predicted octanol–water partition coefficient (Wildman–Crippen LogP) is 1.19. The van der Waals surface area contributed by atoms with Crippen LogP contribution in [0.15, 0.2) is 0 Å².